The summed E-state index contributed by atoms with van der Waals surface area (Å²) in [6, 6.07) is 0. The summed E-state index contributed by atoms with van der Waals surface area (Å²) in [7, 11) is 0. The molecule has 0 fully saturated rings. The van der Waals surface area contributed by atoms with Gasteiger partial charge in [-0.05, 0) is 0 Å². The Morgan fingerprint density at radius 2 is 2.78 bits per heavy atom. The van der Waals surface area contributed by atoms with Gasteiger partial charge in [0.25, 0.3) is 0 Å². The maximum absolute atomic E-state index is 3.90. The number of nitrogens with one attached hydrogen (secondary N) is 1. The number of fused-ring (bicyclic) bond motifs is 1. The van der Waals surface area contributed by atoms with Gasteiger partial charge in [-0.15, -0.1) is 0 Å². The van der Waals surface area contributed by atoms with Crippen molar-refractivity contribution in [2.45, 2.75) is 13.1 Å². The largest absolute Gasteiger partial charge is 0.321 e. The lowest BCUT2D eigenvalue weighted by Gasteiger charge is -2.14. The summed E-state index contributed by atoms with van der Waals surface area (Å²) >= 11 is 0. The molecule has 0 spiro atoms. The smallest absolute Gasteiger partial charge is 0.112 e. The third-order valence-corrected chi connectivity index (χ3v) is 1.56. The second-order valence-corrected chi connectivity index (χ2v) is 2.18. The summed E-state index contributed by atoms with van der Waals surface area (Å²) in [5, 5.41) is 3.23. The standard InChI is InChI=1S/C6H8N3/c1-2-7-4-9-5-8-3-6(1)9/h5,7H,1-2,4H2. The quantitative estimate of drug-likeness (QED) is 0.516. The highest BCUT2D eigenvalue weighted by Gasteiger charge is 2.05. The molecule has 0 atom stereocenters. The Morgan fingerprint density at radius 3 is 3.67 bits per heavy atom. The van der Waals surface area contributed by atoms with Crippen LogP contribution in [0.4, 0.5) is 0 Å². The van der Waals surface area contributed by atoms with Crippen LogP contribution in [-0.2, 0) is 13.1 Å². The molecule has 1 aromatic rings. The van der Waals surface area contributed by atoms with Crippen LogP contribution in [0.5, 0.6) is 0 Å². The molecule has 0 aromatic carbocycles. The van der Waals surface area contributed by atoms with Crippen LogP contribution in [0.2, 0.25) is 0 Å². The Hall–Kier alpha value is -0.830. The molecule has 3 nitrogen and oxygen atoms in total. The first-order valence-corrected chi connectivity index (χ1v) is 3.09. The summed E-state index contributed by atoms with van der Waals surface area (Å²) in [4.78, 5) is 3.90. The zero-order valence-corrected chi connectivity index (χ0v) is 5.09. The van der Waals surface area contributed by atoms with E-state index in [1.165, 1.54) is 5.69 Å². The SMILES string of the molecule is [c]1ncn2c1CCNC2. The van der Waals surface area contributed by atoms with Crippen molar-refractivity contribution in [3.05, 3.63) is 18.2 Å². The lowest BCUT2D eigenvalue weighted by molar-refractivity contribution is 0.494. The minimum Gasteiger partial charge on any atom is -0.321 e. The molecular weight excluding hydrogens is 114 g/mol. The monoisotopic (exact) mass is 122 g/mol. The van der Waals surface area contributed by atoms with E-state index in [1.54, 1.807) is 0 Å². The first-order valence-electron chi connectivity index (χ1n) is 3.09. The van der Waals surface area contributed by atoms with Gasteiger partial charge in [0.2, 0.25) is 0 Å². The van der Waals surface area contributed by atoms with Crippen LogP contribution in [-0.4, -0.2) is 16.1 Å². The summed E-state index contributed by atoms with van der Waals surface area (Å²) in [5.41, 5.74) is 1.22. The van der Waals surface area contributed by atoms with E-state index in [9.17, 15) is 0 Å². The van der Waals surface area contributed by atoms with E-state index in [1.807, 2.05) is 6.33 Å². The topological polar surface area (TPSA) is 29.9 Å². The molecule has 0 saturated heterocycles. The number of hydrogen-bond acceptors (Lipinski definition) is 2. The highest BCUT2D eigenvalue weighted by Crippen LogP contribution is 2.01. The van der Waals surface area contributed by atoms with Gasteiger partial charge in [0.05, 0.1) is 13.0 Å². The molecule has 1 aliphatic heterocycles. The fourth-order valence-electron chi connectivity index (χ4n) is 1.05. The molecular formula is C6H8N3. The Kier molecular flexibility index (Phi) is 1.02. The fraction of sp³-hybridized carbons (Fsp3) is 0.500. The van der Waals surface area contributed by atoms with Crippen LogP contribution in [0.15, 0.2) is 6.33 Å². The van der Waals surface area contributed by atoms with Crippen molar-refractivity contribution in [3.63, 3.8) is 0 Å². The number of nitrogens with zero attached hydrogens (tertiary/aromatic N) is 2. The Bertz CT molecular complexity index is 183. The number of imidazole rings is 1. The molecule has 2 heterocycles. The molecule has 1 radical (unpaired) electrons. The molecule has 2 rings (SSSR count). The summed E-state index contributed by atoms with van der Waals surface area (Å²) < 4.78 is 2.07. The van der Waals surface area contributed by atoms with Crippen LogP contribution >= 0.6 is 0 Å². The lowest BCUT2D eigenvalue weighted by atomic mass is 10.3. The van der Waals surface area contributed by atoms with Crippen LogP contribution in [0.3, 0.4) is 0 Å². The second-order valence-electron chi connectivity index (χ2n) is 2.18. The normalized spacial score (nSPS) is 17.3. The molecule has 0 bridgehead atoms. The van der Waals surface area contributed by atoms with E-state index in [0.29, 0.717) is 0 Å². The highest BCUT2D eigenvalue weighted by atomic mass is 15.2. The van der Waals surface area contributed by atoms with Crippen molar-refractivity contribution in [1.82, 2.24) is 14.9 Å². The minimum absolute atomic E-state index is 0.895. The van der Waals surface area contributed by atoms with Gasteiger partial charge in [0, 0.05) is 18.7 Å². The van der Waals surface area contributed by atoms with Crippen molar-refractivity contribution >= 4 is 0 Å². The van der Waals surface area contributed by atoms with E-state index < -0.39 is 0 Å². The first-order chi connectivity index (χ1) is 4.47. The Labute approximate surface area is 53.7 Å². The summed E-state index contributed by atoms with van der Waals surface area (Å²) in [6.45, 7) is 1.95. The van der Waals surface area contributed by atoms with Gasteiger partial charge in [-0.3, -0.25) is 5.32 Å². The highest BCUT2D eigenvalue weighted by molar-refractivity contribution is 4.98. The van der Waals surface area contributed by atoms with Gasteiger partial charge < -0.3 is 4.57 Å². The lowest BCUT2D eigenvalue weighted by Crippen LogP contribution is -2.27. The van der Waals surface area contributed by atoms with Crippen molar-refractivity contribution in [2.24, 2.45) is 0 Å². The zero-order chi connectivity index (χ0) is 6.10. The van der Waals surface area contributed by atoms with Crippen LogP contribution in [0.25, 0.3) is 0 Å². The van der Waals surface area contributed by atoms with E-state index >= 15 is 0 Å². The number of hydrogen-bond donors (Lipinski definition) is 1. The van der Waals surface area contributed by atoms with E-state index in [2.05, 4.69) is 21.1 Å². The first kappa shape index (κ1) is 4.99. The zero-order valence-electron chi connectivity index (χ0n) is 5.09. The van der Waals surface area contributed by atoms with Crippen molar-refractivity contribution < 1.29 is 0 Å². The van der Waals surface area contributed by atoms with Gasteiger partial charge in [-0.25, -0.2) is 4.98 Å². The maximum Gasteiger partial charge on any atom is 0.112 e. The summed E-state index contributed by atoms with van der Waals surface area (Å²) in [6.07, 6.45) is 5.79. The van der Waals surface area contributed by atoms with Gasteiger partial charge in [-0.1, -0.05) is 0 Å². The molecule has 0 amide bonds. The Balaban J connectivity index is 2.39. The molecule has 3 heteroatoms. The molecule has 0 aliphatic carbocycles. The van der Waals surface area contributed by atoms with E-state index in [0.717, 1.165) is 19.6 Å². The van der Waals surface area contributed by atoms with Crippen LogP contribution in [0, 0.1) is 6.20 Å². The van der Waals surface area contributed by atoms with Crippen LogP contribution < -0.4 is 5.32 Å². The van der Waals surface area contributed by atoms with Gasteiger partial charge in [0.1, 0.15) is 6.20 Å². The molecule has 1 N–H and O–H groups in total. The van der Waals surface area contributed by atoms with Gasteiger partial charge in [0.15, 0.2) is 0 Å². The van der Waals surface area contributed by atoms with E-state index in [4.69, 9.17) is 0 Å². The third kappa shape index (κ3) is 0.733. The average molecular weight is 122 g/mol. The maximum atomic E-state index is 3.90. The number of rotatable bonds is 0. The molecule has 47 valence electrons. The number of aromatic nitrogens is 2. The molecule has 1 aliphatic rings. The summed E-state index contributed by atoms with van der Waals surface area (Å²) in [5.74, 6) is 0. The van der Waals surface area contributed by atoms with Crippen molar-refractivity contribution in [1.29, 1.82) is 0 Å². The van der Waals surface area contributed by atoms with Gasteiger partial charge >= 0.3 is 0 Å². The Morgan fingerprint density at radius 1 is 1.78 bits per heavy atom. The fourth-order valence-corrected chi connectivity index (χ4v) is 1.05. The predicted molar refractivity (Wildman–Crippen MR) is 32.8 cm³/mol. The predicted octanol–water partition coefficient (Wildman–Crippen LogP) is -0.214. The minimum atomic E-state index is 0.895. The average Bonchev–Trinajstić information content (AvgIpc) is 2.33. The van der Waals surface area contributed by atoms with Crippen molar-refractivity contribution in [3.8, 4) is 0 Å². The molecule has 0 saturated carbocycles. The second kappa shape index (κ2) is 1.84. The molecule has 1 aromatic heterocycles. The van der Waals surface area contributed by atoms with E-state index in [-0.39, 0.29) is 0 Å². The molecule has 9 heavy (non-hydrogen) atoms. The van der Waals surface area contributed by atoms with Gasteiger partial charge in [-0.2, -0.15) is 0 Å². The molecule has 0 unspecified atom stereocenters. The van der Waals surface area contributed by atoms with Crippen molar-refractivity contribution in [2.75, 3.05) is 6.54 Å². The van der Waals surface area contributed by atoms with Crippen LogP contribution in [0.1, 0.15) is 5.69 Å². The third-order valence-electron chi connectivity index (χ3n) is 1.56.